The molecule has 0 fully saturated rings. The molecule has 0 aliphatic carbocycles. The van der Waals surface area contributed by atoms with Gasteiger partial charge >= 0.3 is 0 Å². The second-order valence-electron chi connectivity index (χ2n) is 5.21. The largest absolute Gasteiger partial charge is 0.494 e. The minimum Gasteiger partial charge on any atom is -0.494 e. The van der Waals surface area contributed by atoms with Crippen molar-refractivity contribution in [3.05, 3.63) is 42.2 Å². The number of carbonyl (C=O) groups is 1. The molecule has 22 heavy (non-hydrogen) atoms. The smallest absolute Gasteiger partial charge is 0.255 e. The summed E-state index contributed by atoms with van der Waals surface area (Å²) in [5.74, 6) is 0.519. The minimum atomic E-state index is -0.172. The molecule has 0 bridgehead atoms. The van der Waals surface area contributed by atoms with Crippen LogP contribution < -0.4 is 10.1 Å². The molecule has 6 nitrogen and oxygen atoms in total. The average Bonchev–Trinajstić information content (AvgIpc) is 2.93. The van der Waals surface area contributed by atoms with Gasteiger partial charge < -0.3 is 15.0 Å². The van der Waals surface area contributed by atoms with Gasteiger partial charge in [-0.15, -0.1) is 0 Å². The van der Waals surface area contributed by atoms with Crippen LogP contribution in [0.3, 0.4) is 0 Å². The zero-order chi connectivity index (χ0) is 15.9. The summed E-state index contributed by atoms with van der Waals surface area (Å²) >= 11 is 0. The summed E-state index contributed by atoms with van der Waals surface area (Å²) in [5, 5.41) is 7.08. The topological polar surface area (TPSA) is 59.4 Å². The molecule has 1 N–H and O–H groups in total. The molecule has 118 valence electrons. The summed E-state index contributed by atoms with van der Waals surface area (Å²) in [6, 6.07) is 7.13. The molecule has 1 aromatic heterocycles. The number of hydrogen-bond acceptors (Lipinski definition) is 4. The summed E-state index contributed by atoms with van der Waals surface area (Å²) < 4.78 is 7.22. The van der Waals surface area contributed by atoms with Crippen molar-refractivity contribution in [2.24, 2.45) is 0 Å². The van der Waals surface area contributed by atoms with E-state index >= 15 is 0 Å². The highest BCUT2D eigenvalue weighted by Gasteiger charge is 2.08. The highest BCUT2D eigenvalue weighted by Crippen LogP contribution is 2.15. The Morgan fingerprint density at radius 2 is 2.23 bits per heavy atom. The number of anilines is 1. The lowest BCUT2D eigenvalue weighted by molar-refractivity contribution is 0.102. The van der Waals surface area contributed by atoms with Crippen LogP contribution in [0.4, 0.5) is 5.69 Å². The van der Waals surface area contributed by atoms with Gasteiger partial charge in [0.1, 0.15) is 5.75 Å². The van der Waals surface area contributed by atoms with Crippen molar-refractivity contribution in [3.63, 3.8) is 0 Å². The van der Waals surface area contributed by atoms with E-state index in [-0.39, 0.29) is 5.91 Å². The number of amides is 1. The lowest BCUT2D eigenvalue weighted by Gasteiger charge is -2.08. The van der Waals surface area contributed by atoms with E-state index < -0.39 is 0 Å². The second kappa shape index (κ2) is 7.61. The summed E-state index contributed by atoms with van der Waals surface area (Å²) in [6.07, 6.45) is 3.48. The highest BCUT2D eigenvalue weighted by atomic mass is 16.5. The number of nitrogens with one attached hydrogen (secondary N) is 1. The molecule has 0 aliphatic heterocycles. The number of hydrogen-bond donors (Lipinski definition) is 1. The standard InChI is InChI=1S/C16H22N4O2/c1-4-22-15-7-5-6-13(10-15)16(21)18-14-11-17-20(12-14)9-8-19(2)3/h5-7,10-12H,4,8-9H2,1-3H3,(H,18,21). The Morgan fingerprint density at radius 3 is 2.95 bits per heavy atom. The fourth-order valence-corrected chi connectivity index (χ4v) is 1.95. The van der Waals surface area contributed by atoms with Crippen molar-refractivity contribution in [3.8, 4) is 5.75 Å². The Kier molecular flexibility index (Phi) is 5.55. The Hall–Kier alpha value is -2.34. The van der Waals surface area contributed by atoms with E-state index in [9.17, 15) is 4.79 Å². The first kappa shape index (κ1) is 16.0. The first-order chi connectivity index (χ1) is 10.6. The van der Waals surface area contributed by atoms with Gasteiger partial charge in [-0.2, -0.15) is 5.10 Å². The highest BCUT2D eigenvalue weighted by molar-refractivity contribution is 6.04. The van der Waals surface area contributed by atoms with Gasteiger partial charge in [-0.25, -0.2) is 0 Å². The molecular formula is C16H22N4O2. The zero-order valence-electron chi connectivity index (χ0n) is 13.2. The molecule has 0 atom stereocenters. The minimum absolute atomic E-state index is 0.172. The Morgan fingerprint density at radius 1 is 1.41 bits per heavy atom. The summed E-state index contributed by atoms with van der Waals surface area (Å²) in [4.78, 5) is 14.3. The monoisotopic (exact) mass is 302 g/mol. The molecule has 1 amide bonds. The zero-order valence-corrected chi connectivity index (χ0v) is 13.2. The van der Waals surface area contributed by atoms with Crippen molar-refractivity contribution < 1.29 is 9.53 Å². The van der Waals surface area contributed by atoms with Crippen LogP contribution in [0.1, 0.15) is 17.3 Å². The summed E-state index contributed by atoms with van der Waals surface area (Å²) in [6.45, 7) is 4.16. The second-order valence-corrected chi connectivity index (χ2v) is 5.21. The molecule has 6 heteroatoms. The van der Waals surface area contributed by atoms with Crippen molar-refractivity contribution in [2.75, 3.05) is 32.6 Å². The van der Waals surface area contributed by atoms with Gasteiger partial charge in [-0.05, 0) is 39.2 Å². The molecule has 0 radical (unpaired) electrons. The maximum absolute atomic E-state index is 12.2. The first-order valence-electron chi connectivity index (χ1n) is 7.30. The number of ether oxygens (including phenoxy) is 1. The van der Waals surface area contributed by atoms with E-state index in [1.807, 2.05) is 38.0 Å². The van der Waals surface area contributed by atoms with Crippen LogP contribution in [0.25, 0.3) is 0 Å². The predicted molar refractivity (Wildman–Crippen MR) is 86.3 cm³/mol. The third-order valence-electron chi connectivity index (χ3n) is 3.07. The van der Waals surface area contributed by atoms with Crippen LogP contribution in [0, 0.1) is 0 Å². The lowest BCUT2D eigenvalue weighted by Crippen LogP contribution is -2.18. The Bertz CT molecular complexity index is 622. The molecule has 0 saturated carbocycles. The van der Waals surface area contributed by atoms with E-state index in [1.54, 1.807) is 24.4 Å². The molecule has 0 unspecified atom stereocenters. The van der Waals surface area contributed by atoms with Crippen LogP contribution >= 0.6 is 0 Å². The van der Waals surface area contributed by atoms with E-state index in [4.69, 9.17) is 4.74 Å². The summed E-state index contributed by atoms with van der Waals surface area (Å²) in [5.41, 5.74) is 1.25. The van der Waals surface area contributed by atoms with Gasteiger partial charge in [0.2, 0.25) is 0 Å². The van der Waals surface area contributed by atoms with Crippen LogP contribution in [-0.2, 0) is 6.54 Å². The first-order valence-corrected chi connectivity index (χ1v) is 7.30. The molecule has 0 saturated heterocycles. The van der Waals surface area contributed by atoms with Crippen molar-refractivity contribution in [1.29, 1.82) is 0 Å². The fraction of sp³-hybridized carbons (Fsp3) is 0.375. The molecule has 0 aliphatic rings. The van der Waals surface area contributed by atoms with Gasteiger partial charge in [0.25, 0.3) is 5.91 Å². The van der Waals surface area contributed by atoms with Gasteiger partial charge in [-0.1, -0.05) is 6.07 Å². The maximum atomic E-state index is 12.2. The van der Waals surface area contributed by atoms with Gasteiger partial charge in [0, 0.05) is 18.3 Å². The van der Waals surface area contributed by atoms with Crippen LogP contribution in [0.2, 0.25) is 0 Å². The molecule has 2 aromatic rings. The molecular weight excluding hydrogens is 280 g/mol. The SMILES string of the molecule is CCOc1cccc(C(=O)Nc2cnn(CCN(C)C)c2)c1. The number of rotatable bonds is 7. The van der Waals surface area contributed by atoms with Crippen LogP contribution in [0.15, 0.2) is 36.7 Å². The molecule has 2 rings (SSSR count). The van der Waals surface area contributed by atoms with Gasteiger partial charge in [-0.3, -0.25) is 9.48 Å². The predicted octanol–water partition coefficient (Wildman–Crippen LogP) is 2.10. The Labute approximate surface area is 130 Å². The Balaban J connectivity index is 1.98. The quantitative estimate of drug-likeness (QED) is 0.851. The van der Waals surface area contributed by atoms with Gasteiger partial charge in [0.05, 0.1) is 25.0 Å². The fourth-order valence-electron chi connectivity index (χ4n) is 1.95. The van der Waals surface area contributed by atoms with Crippen LogP contribution in [-0.4, -0.2) is 47.8 Å². The van der Waals surface area contributed by atoms with E-state index in [2.05, 4.69) is 15.3 Å². The van der Waals surface area contributed by atoms with Crippen LogP contribution in [0.5, 0.6) is 5.75 Å². The lowest BCUT2D eigenvalue weighted by atomic mass is 10.2. The van der Waals surface area contributed by atoms with Crippen molar-refractivity contribution in [1.82, 2.24) is 14.7 Å². The third-order valence-corrected chi connectivity index (χ3v) is 3.07. The molecule has 1 aromatic carbocycles. The third kappa shape index (κ3) is 4.60. The average molecular weight is 302 g/mol. The maximum Gasteiger partial charge on any atom is 0.255 e. The van der Waals surface area contributed by atoms with Gasteiger partial charge in [0.15, 0.2) is 0 Å². The molecule has 1 heterocycles. The molecule has 0 spiro atoms. The number of nitrogens with zero attached hydrogens (tertiary/aromatic N) is 3. The van der Waals surface area contributed by atoms with E-state index in [0.29, 0.717) is 23.6 Å². The number of aromatic nitrogens is 2. The van der Waals surface area contributed by atoms with Crippen molar-refractivity contribution >= 4 is 11.6 Å². The number of likely N-dealkylation sites (N-methyl/N-ethyl adjacent to an activating group) is 1. The normalized spacial score (nSPS) is 10.7. The van der Waals surface area contributed by atoms with E-state index in [1.165, 1.54) is 0 Å². The number of carbonyl (C=O) groups excluding carboxylic acids is 1. The van der Waals surface area contributed by atoms with Crippen molar-refractivity contribution in [2.45, 2.75) is 13.5 Å². The van der Waals surface area contributed by atoms with E-state index in [0.717, 1.165) is 13.1 Å². The number of benzene rings is 1. The summed E-state index contributed by atoms with van der Waals surface area (Å²) in [7, 11) is 4.02.